The standard InChI is InChI=1S/C12H17NO2S/c1-3-4-11(12(14)15)16-10-6-5-9(13)7-8(10)2/h5-7,11H,3-4,13H2,1-2H3,(H,14,15). The number of aryl methyl sites for hydroxylation is 1. The Balaban J connectivity index is 2.81. The number of hydrogen-bond donors (Lipinski definition) is 2. The molecular weight excluding hydrogens is 222 g/mol. The number of carbonyl (C=O) groups is 1. The lowest BCUT2D eigenvalue weighted by atomic mass is 10.2. The van der Waals surface area contributed by atoms with Gasteiger partial charge in [0.05, 0.1) is 0 Å². The van der Waals surface area contributed by atoms with Crippen LogP contribution in [0.3, 0.4) is 0 Å². The van der Waals surface area contributed by atoms with Gasteiger partial charge in [-0.05, 0) is 37.1 Å². The van der Waals surface area contributed by atoms with E-state index in [2.05, 4.69) is 0 Å². The lowest BCUT2D eigenvalue weighted by Crippen LogP contribution is -2.15. The van der Waals surface area contributed by atoms with Gasteiger partial charge < -0.3 is 10.8 Å². The number of carboxylic acids is 1. The molecule has 0 radical (unpaired) electrons. The van der Waals surface area contributed by atoms with Crippen LogP contribution in [0.15, 0.2) is 23.1 Å². The van der Waals surface area contributed by atoms with Gasteiger partial charge in [0.1, 0.15) is 5.25 Å². The summed E-state index contributed by atoms with van der Waals surface area (Å²) in [6, 6.07) is 5.56. The van der Waals surface area contributed by atoms with Crippen molar-refractivity contribution in [1.82, 2.24) is 0 Å². The number of benzene rings is 1. The molecule has 88 valence electrons. The maximum atomic E-state index is 11.0. The van der Waals surface area contributed by atoms with Crippen LogP contribution in [0.4, 0.5) is 5.69 Å². The minimum atomic E-state index is -0.747. The van der Waals surface area contributed by atoms with Crippen LogP contribution in [-0.2, 0) is 4.79 Å². The summed E-state index contributed by atoms with van der Waals surface area (Å²) < 4.78 is 0. The van der Waals surface area contributed by atoms with Gasteiger partial charge in [0.2, 0.25) is 0 Å². The number of anilines is 1. The van der Waals surface area contributed by atoms with Gasteiger partial charge >= 0.3 is 5.97 Å². The number of thioether (sulfide) groups is 1. The molecule has 1 rings (SSSR count). The van der Waals surface area contributed by atoms with Crippen LogP contribution in [0.1, 0.15) is 25.3 Å². The molecule has 1 unspecified atom stereocenters. The second-order valence-corrected chi connectivity index (χ2v) is 5.00. The lowest BCUT2D eigenvalue weighted by Gasteiger charge is -2.12. The molecule has 1 atom stereocenters. The van der Waals surface area contributed by atoms with E-state index in [0.717, 1.165) is 16.9 Å². The van der Waals surface area contributed by atoms with E-state index in [9.17, 15) is 4.79 Å². The number of carboxylic acid groups (broad SMARTS) is 1. The van der Waals surface area contributed by atoms with Crippen molar-refractivity contribution in [1.29, 1.82) is 0 Å². The minimum absolute atomic E-state index is 0.368. The van der Waals surface area contributed by atoms with Crippen molar-refractivity contribution in [2.24, 2.45) is 0 Å². The smallest absolute Gasteiger partial charge is 0.316 e. The Morgan fingerprint density at radius 1 is 1.56 bits per heavy atom. The highest BCUT2D eigenvalue weighted by Crippen LogP contribution is 2.30. The summed E-state index contributed by atoms with van der Waals surface area (Å²) in [5.41, 5.74) is 7.40. The van der Waals surface area contributed by atoms with Gasteiger partial charge in [-0.1, -0.05) is 13.3 Å². The zero-order chi connectivity index (χ0) is 12.1. The second-order valence-electron chi connectivity index (χ2n) is 3.76. The zero-order valence-corrected chi connectivity index (χ0v) is 10.4. The number of nitrogen functional groups attached to an aromatic ring is 1. The van der Waals surface area contributed by atoms with Gasteiger partial charge in [0, 0.05) is 10.6 Å². The van der Waals surface area contributed by atoms with Gasteiger partial charge in [0.15, 0.2) is 0 Å². The normalized spacial score (nSPS) is 12.4. The van der Waals surface area contributed by atoms with E-state index in [1.165, 1.54) is 11.8 Å². The summed E-state index contributed by atoms with van der Waals surface area (Å²) in [6.07, 6.45) is 1.56. The van der Waals surface area contributed by atoms with Crippen LogP contribution in [0.25, 0.3) is 0 Å². The van der Waals surface area contributed by atoms with Crippen LogP contribution >= 0.6 is 11.8 Å². The summed E-state index contributed by atoms with van der Waals surface area (Å²) in [5, 5.41) is 8.70. The molecule has 1 aromatic carbocycles. The van der Waals surface area contributed by atoms with Gasteiger partial charge in [-0.25, -0.2) is 0 Å². The summed E-state index contributed by atoms with van der Waals surface area (Å²) >= 11 is 1.40. The molecule has 0 saturated heterocycles. The molecule has 0 aliphatic heterocycles. The maximum Gasteiger partial charge on any atom is 0.316 e. The van der Waals surface area contributed by atoms with Gasteiger partial charge in [0.25, 0.3) is 0 Å². The molecule has 3 nitrogen and oxygen atoms in total. The molecule has 3 N–H and O–H groups in total. The van der Waals surface area contributed by atoms with Crippen molar-refractivity contribution in [2.45, 2.75) is 36.8 Å². The number of hydrogen-bond acceptors (Lipinski definition) is 3. The van der Waals surface area contributed by atoms with Crippen LogP contribution < -0.4 is 5.73 Å². The monoisotopic (exact) mass is 239 g/mol. The lowest BCUT2D eigenvalue weighted by molar-refractivity contribution is -0.136. The van der Waals surface area contributed by atoms with Crippen molar-refractivity contribution in [3.8, 4) is 0 Å². The first kappa shape index (κ1) is 12.9. The SMILES string of the molecule is CCCC(Sc1ccc(N)cc1C)C(=O)O. The molecule has 0 aromatic heterocycles. The first-order valence-electron chi connectivity index (χ1n) is 5.30. The van der Waals surface area contributed by atoms with Crippen LogP contribution in [-0.4, -0.2) is 16.3 Å². The first-order chi connectivity index (χ1) is 7.54. The van der Waals surface area contributed by atoms with Crippen molar-refractivity contribution < 1.29 is 9.90 Å². The Hall–Kier alpha value is -1.16. The molecule has 0 aliphatic rings. The third-order valence-corrected chi connectivity index (χ3v) is 3.73. The highest BCUT2D eigenvalue weighted by atomic mass is 32.2. The van der Waals surface area contributed by atoms with Gasteiger partial charge in [-0.2, -0.15) is 0 Å². The fourth-order valence-corrected chi connectivity index (χ4v) is 2.61. The Morgan fingerprint density at radius 2 is 2.25 bits per heavy atom. The molecule has 4 heteroatoms. The van der Waals surface area contributed by atoms with Crippen LogP contribution in [0.2, 0.25) is 0 Å². The Labute approximate surface area is 100 Å². The summed E-state index contributed by atoms with van der Waals surface area (Å²) in [4.78, 5) is 12.0. The van der Waals surface area contributed by atoms with E-state index in [4.69, 9.17) is 10.8 Å². The van der Waals surface area contributed by atoms with Crippen molar-refractivity contribution in [2.75, 3.05) is 5.73 Å². The molecule has 0 amide bonds. The average Bonchev–Trinajstić information content (AvgIpc) is 2.20. The number of nitrogens with two attached hydrogens (primary N) is 1. The van der Waals surface area contributed by atoms with Crippen LogP contribution in [0, 0.1) is 6.92 Å². The van der Waals surface area contributed by atoms with Crippen molar-refractivity contribution in [3.63, 3.8) is 0 Å². The predicted octanol–water partition coefficient (Wildman–Crippen LogP) is 2.92. The third kappa shape index (κ3) is 3.45. The average molecular weight is 239 g/mol. The van der Waals surface area contributed by atoms with Gasteiger partial charge in [-0.15, -0.1) is 11.8 Å². The minimum Gasteiger partial charge on any atom is -0.480 e. The molecule has 0 fully saturated rings. The molecule has 0 aliphatic carbocycles. The van der Waals surface area contributed by atoms with E-state index in [1.807, 2.05) is 26.0 Å². The fraction of sp³-hybridized carbons (Fsp3) is 0.417. The molecule has 0 heterocycles. The molecule has 0 saturated carbocycles. The molecule has 16 heavy (non-hydrogen) atoms. The molecule has 1 aromatic rings. The third-order valence-electron chi connectivity index (χ3n) is 2.29. The quantitative estimate of drug-likeness (QED) is 0.612. The van der Waals surface area contributed by atoms with E-state index in [-0.39, 0.29) is 5.25 Å². The Morgan fingerprint density at radius 3 is 2.75 bits per heavy atom. The zero-order valence-electron chi connectivity index (χ0n) is 9.56. The summed E-state index contributed by atoms with van der Waals surface area (Å²) in [7, 11) is 0. The van der Waals surface area contributed by atoms with Crippen LogP contribution in [0.5, 0.6) is 0 Å². The van der Waals surface area contributed by atoms with E-state index in [0.29, 0.717) is 12.1 Å². The van der Waals surface area contributed by atoms with E-state index >= 15 is 0 Å². The molecule has 0 bridgehead atoms. The summed E-state index contributed by atoms with van der Waals surface area (Å²) in [6.45, 7) is 3.94. The van der Waals surface area contributed by atoms with E-state index in [1.54, 1.807) is 6.07 Å². The highest BCUT2D eigenvalue weighted by molar-refractivity contribution is 8.00. The topological polar surface area (TPSA) is 63.3 Å². The van der Waals surface area contributed by atoms with E-state index < -0.39 is 5.97 Å². The maximum absolute atomic E-state index is 11.0. The highest BCUT2D eigenvalue weighted by Gasteiger charge is 2.18. The second kappa shape index (κ2) is 5.80. The molecular formula is C12H17NO2S. The molecule has 0 spiro atoms. The van der Waals surface area contributed by atoms with Crippen molar-refractivity contribution >= 4 is 23.4 Å². The fourth-order valence-electron chi connectivity index (χ4n) is 1.45. The first-order valence-corrected chi connectivity index (χ1v) is 6.18. The Bertz CT molecular complexity index is 379. The van der Waals surface area contributed by atoms with Crippen molar-refractivity contribution in [3.05, 3.63) is 23.8 Å². The number of aliphatic carboxylic acids is 1. The number of rotatable bonds is 5. The van der Waals surface area contributed by atoms with Gasteiger partial charge in [-0.3, -0.25) is 4.79 Å². The largest absolute Gasteiger partial charge is 0.480 e. The predicted molar refractivity (Wildman–Crippen MR) is 67.8 cm³/mol. The summed E-state index contributed by atoms with van der Waals surface area (Å²) in [5.74, 6) is -0.747. The Kier molecular flexibility index (Phi) is 4.68.